The van der Waals surface area contributed by atoms with Gasteiger partial charge in [0.05, 0.1) is 4.83 Å². The van der Waals surface area contributed by atoms with Gasteiger partial charge in [0.15, 0.2) is 0 Å². The van der Waals surface area contributed by atoms with Crippen molar-refractivity contribution in [2.45, 2.75) is 44.5 Å². The first-order chi connectivity index (χ1) is 6.99. The average molecular weight is 279 g/mol. The van der Waals surface area contributed by atoms with E-state index < -0.39 is 0 Å². The summed E-state index contributed by atoms with van der Waals surface area (Å²) >= 11 is 3.32. The van der Waals surface area contributed by atoms with Crippen LogP contribution in [0.4, 0.5) is 0 Å². The van der Waals surface area contributed by atoms with Crippen LogP contribution in [0.15, 0.2) is 0 Å². The van der Waals surface area contributed by atoms with Crippen LogP contribution in [0.3, 0.4) is 0 Å². The van der Waals surface area contributed by atoms with Gasteiger partial charge < -0.3 is 10.2 Å². The van der Waals surface area contributed by atoms with E-state index in [0.29, 0.717) is 6.04 Å². The van der Waals surface area contributed by atoms with Gasteiger partial charge in [-0.15, -0.1) is 0 Å². The Labute approximate surface area is 102 Å². The highest BCUT2D eigenvalue weighted by molar-refractivity contribution is 9.10. The summed E-state index contributed by atoms with van der Waals surface area (Å²) in [5.41, 5.74) is 0. The lowest BCUT2D eigenvalue weighted by Crippen LogP contribution is -2.34. The summed E-state index contributed by atoms with van der Waals surface area (Å²) in [6, 6.07) is 0.570. The van der Waals surface area contributed by atoms with Crippen LogP contribution in [-0.2, 0) is 4.79 Å². The van der Waals surface area contributed by atoms with Crippen LogP contribution in [-0.4, -0.2) is 41.8 Å². The van der Waals surface area contributed by atoms with Gasteiger partial charge in [0.1, 0.15) is 0 Å². The minimum absolute atomic E-state index is 0.0414. The van der Waals surface area contributed by atoms with E-state index in [2.05, 4.69) is 47.0 Å². The number of rotatable bonds is 7. The summed E-state index contributed by atoms with van der Waals surface area (Å²) in [4.78, 5) is 13.6. The number of hydrogen-bond donors (Lipinski definition) is 1. The zero-order valence-electron chi connectivity index (χ0n) is 10.2. The van der Waals surface area contributed by atoms with Crippen LogP contribution >= 0.6 is 15.9 Å². The molecule has 0 rings (SSSR count). The molecule has 0 spiro atoms. The fraction of sp³-hybridized carbons (Fsp3) is 0.909. The fourth-order valence-corrected chi connectivity index (χ4v) is 1.26. The summed E-state index contributed by atoms with van der Waals surface area (Å²) in [6.07, 6.45) is 1.83. The summed E-state index contributed by atoms with van der Waals surface area (Å²) in [5, 5.41) is 2.92. The van der Waals surface area contributed by atoms with Gasteiger partial charge in [0.2, 0.25) is 5.91 Å². The Kier molecular flexibility index (Phi) is 8.06. The number of amides is 1. The molecule has 0 aromatic heterocycles. The van der Waals surface area contributed by atoms with Crippen molar-refractivity contribution in [3.63, 3.8) is 0 Å². The Morgan fingerprint density at radius 1 is 1.47 bits per heavy atom. The van der Waals surface area contributed by atoms with Gasteiger partial charge >= 0.3 is 0 Å². The number of carbonyl (C=O) groups is 1. The SMILES string of the molecule is CCC(Br)C(=O)NCCCN(C)C(C)C. The van der Waals surface area contributed by atoms with Gasteiger partial charge in [0, 0.05) is 12.6 Å². The van der Waals surface area contributed by atoms with Gasteiger partial charge in [-0.05, 0) is 40.3 Å². The molecule has 0 aromatic rings. The second-order valence-corrected chi connectivity index (χ2v) is 5.20. The van der Waals surface area contributed by atoms with E-state index in [1.165, 1.54) is 0 Å². The molecule has 0 aliphatic carbocycles. The van der Waals surface area contributed by atoms with Crippen molar-refractivity contribution in [2.24, 2.45) is 0 Å². The molecule has 0 saturated heterocycles. The quantitative estimate of drug-likeness (QED) is 0.571. The summed E-state index contributed by atoms with van der Waals surface area (Å²) < 4.78 is 0. The molecule has 1 unspecified atom stereocenters. The second-order valence-electron chi connectivity index (χ2n) is 4.09. The summed E-state index contributed by atoms with van der Waals surface area (Å²) in [5.74, 6) is 0.102. The molecule has 0 fully saturated rings. The Morgan fingerprint density at radius 2 is 2.07 bits per heavy atom. The van der Waals surface area contributed by atoms with Crippen LogP contribution < -0.4 is 5.32 Å². The molecule has 1 atom stereocenters. The maximum absolute atomic E-state index is 11.4. The smallest absolute Gasteiger partial charge is 0.233 e. The van der Waals surface area contributed by atoms with E-state index in [0.717, 1.165) is 25.9 Å². The van der Waals surface area contributed by atoms with Crippen molar-refractivity contribution < 1.29 is 4.79 Å². The first-order valence-corrected chi connectivity index (χ1v) is 6.52. The standard InChI is InChI=1S/C11H23BrN2O/c1-5-10(12)11(15)13-7-6-8-14(4)9(2)3/h9-10H,5-8H2,1-4H3,(H,13,15). The van der Waals surface area contributed by atoms with Gasteiger partial charge in [-0.1, -0.05) is 22.9 Å². The first kappa shape index (κ1) is 14.9. The summed E-state index contributed by atoms with van der Waals surface area (Å²) in [6.45, 7) is 8.12. The predicted octanol–water partition coefficient (Wildman–Crippen LogP) is 2.01. The van der Waals surface area contributed by atoms with Crippen molar-refractivity contribution >= 4 is 21.8 Å². The van der Waals surface area contributed by atoms with Gasteiger partial charge in [-0.3, -0.25) is 4.79 Å². The van der Waals surface area contributed by atoms with Crippen LogP contribution in [0.5, 0.6) is 0 Å². The topological polar surface area (TPSA) is 32.3 Å². The molecular formula is C11H23BrN2O. The monoisotopic (exact) mass is 278 g/mol. The molecule has 0 saturated carbocycles. The number of carbonyl (C=O) groups excluding carboxylic acids is 1. The molecule has 90 valence electrons. The third-order valence-corrected chi connectivity index (χ3v) is 3.57. The third kappa shape index (κ3) is 6.90. The van der Waals surface area contributed by atoms with E-state index in [1.807, 2.05) is 6.92 Å². The molecule has 0 heterocycles. The van der Waals surface area contributed by atoms with E-state index in [-0.39, 0.29) is 10.7 Å². The van der Waals surface area contributed by atoms with E-state index in [9.17, 15) is 4.79 Å². The minimum atomic E-state index is -0.0414. The van der Waals surface area contributed by atoms with E-state index in [1.54, 1.807) is 0 Å². The normalized spacial score (nSPS) is 13.3. The molecule has 0 aliphatic heterocycles. The zero-order chi connectivity index (χ0) is 11.8. The maximum atomic E-state index is 11.4. The highest BCUT2D eigenvalue weighted by atomic mass is 79.9. The largest absolute Gasteiger partial charge is 0.355 e. The number of hydrogen-bond acceptors (Lipinski definition) is 2. The molecule has 0 bridgehead atoms. The van der Waals surface area contributed by atoms with Crippen molar-refractivity contribution in [3.8, 4) is 0 Å². The second kappa shape index (κ2) is 8.11. The summed E-state index contributed by atoms with van der Waals surface area (Å²) in [7, 11) is 2.10. The van der Waals surface area contributed by atoms with Gasteiger partial charge in [0.25, 0.3) is 0 Å². The molecular weight excluding hydrogens is 256 g/mol. The molecule has 3 nitrogen and oxygen atoms in total. The Hall–Kier alpha value is -0.0900. The Bertz CT molecular complexity index is 185. The third-order valence-electron chi connectivity index (χ3n) is 2.51. The molecule has 0 aliphatic rings. The van der Waals surface area contributed by atoms with Crippen molar-refractivity contribution in [2.75, 3.05) is 20.1 Å². The number of nitrogens with one attached hydrogen (secondary N) is 1. The average Bonchev–Trinajstić information content (AvgIpc) is 2.22. The molecule has 1 N–H and O–H groups in total. The van der Waals surface area contributed by atoms with E-state index in [4.69, 9.17) is 0 Å². The lowest BCUT2D eigenvalue weighted by atomic mass is 10.3. The van der Waals surface area contributed by atoms with Crippen LogP contribution in [0.25, 0.3) is 0 Å². The maximum Gasteiger partial charge on any atom is 0.233 e. The van der Waals surface area contributed by atoms with Gasteiger partial charge in [-0.25, -0.2) is 0 Å². The number of alkyl halides is 1. The van der Waals surface area contributed by atoms with Crippen molar-refractivity contribution in [3.05, 3.63) is 0 Å². The predicted molar refractivity (Wildman–Crippen MR) is 68.4 cm³/mol. The molecule has 1 amide bonds. The highest BCUT2D eigenvalue weighted by Gasteiger charge is 2.11. The van der Waals surface area contributed by atoms with E-state index >= 15 is 0 Å². The van der Waals surface area contributed by atoms with Crippen molar-refractivity contribution in [1.82, 2.24) is 10.2 Å². The number of halogens is 1. The minimum Gasteiger partial charge on any atom is -0.355 e. The van der Waals surface area contributed by atoms with Crippen LogP contribution in [0, 0.1) is 0 Å². The van der Waals surface area contributed by atoms with Gasteiger partial charge in [-0.2, -0.15) is 0 Å². The molecule has 0 radical (unpaired) electrons. The Morgan fingerprint density at radius 3 is 2.53 bits per heavy atom. The lowest BCUT2D eigenvalue weighted by Gasteiger charge is -2.20. The molecule has 4 heteroatoms. The fourth-order valence-electron chi connectivity index (χ4n) is 1.09. The first-order valence-electron chi connectivity index (χ1n) is 5.61. The Balaban J connectivity index is 3.50. The van der Waals surface area contributed by atoms with Crippen LogP contribution in [0.2, 0.25) is 0 Å². The molecule has 15 heavy (non-hydrogen) atoms. The lowest BCUT2D eigenvalue weighted by molar-refractivity contribution is -0.120. The zero-order valence-corrected chi connectivity index (χ0v) is 11.8. The van der Waals surface area contributed by atoms with Crippen molar-refractivity contribution in [1.29, 1.82) is 0 Å². The number of nitrogens with zero attached hydrogens (tertiary/aromatic N) is 1. The van der Waals surface area contributed by atoms with Crippen LogP contribution in [0.1, 0.15) is 33.6 Å². The molecule has 0 aromatic carbocycles. The highest BCUT2D eigenvalue weighted by Crippen LogP contribution is 2.03.